The maximum atomic E-state index is 13.3. The van der Waals surface area contributed by atoms with Crippen molar-refractivity contribution in [3.63, 3.8) is 0 Å². The minimum Gasteiger partial charge on any atom is -0.463 e. The number of nitrogens with zero attached hydrogens (tertiary/aromatic N) is 3. The third-order valence-electron chi connectivity index (χ3n) is 4.33. The summed E-state index contributed by atoms with van der Waals surface area (Å²) < 4.78 is 32.7. The molecule has 2 aromatic carbocycles. The summed E-state index contributed by atoms with van der Waals surface area (Å²) in [7, 11) is 1.28. The number of aryl methyl sites for hydroxylation is 1. The monoisotopic (exact) mass is 371 g/mol. The smallest absolute Gasteiger partial charge is 0.377 e. The molecule has 0 radical (unpaired) electrons. The van der Waals surface area contributed by atoms with Crippen LogP contribution in [-0.4, -0.2) is 27.8 Å². The van der Waals surface area contributed by atoms with Crippen molar-refractivity contribution in [3.05, 3.63) is 83.4 Å². The van der Waals surface area contributed by atoms with Crippen LogP contribution >= 0.6 is 0 Å². The van der Waals surface area contributed by atoms with Crippen LogP contribution in [-0.2, 0) is 11.3 Å². The van der Waals surface area contributed by atoms with E-state index in [9.17, 15) is 13.6 Å². The molecule has 27 heavy (non-hydrogen) atoms. The second-order valence-corrected chi connectivity index (χ2v) is 6.12. The summed E-state index contributed by atoms with van der Waals surface area (Å²) in [5.41, 5.74) is 1.91. The fourth-order valence-corrected chi connectivity index (χ4v) is 2.96. The molecule has 0 bridgehead atoms. The molecule has 0 atom stereocenters. The van der Waals surface area contributed by atoms with Crippen molar-refractivity contribution in [3.8, 4) is 0 Å². The van der Waals surface area contributed by atoms with Gasteiger partial charge in [0, 0.05) is 12.5 Å². The maximum Gasteiger partial charge on any atom is 0.377 e. The normalized spacial score (nSPS) is 11.0. The fourth-order valence-electron chi connectivity index (χ4n) is 2.96. The van der Waals surface area contributed by atoms with Gasteiger partial charge in [0.05, 0.1) is 7.11 Å². The Morgan fingerprint density at radius 2 is 1.59 bits per heavy atom. The Morgan fingerprint density at radius 3 is 2.11 bits per heavy atom. The van der Waals surface area contributed by atoms with Crippen LogP contribution < -0.4 is 0 Å². The van der Waals surface area contributed by atoms with Crippen molar-refractivity contribution in [2.45, 2.75) is 25.3 Å². The molecule has 3 rings (SSSR count). The van der Waals surface area contributed by atoms with Crippen LogP contribution in [0.5, 0.6) is 0 Å². The summed E-state index contributed by atoms with van der Waals surface area (Å²) in [6, 6.07) is 12.7. The number of hydrogen-bond donors (Lipinski definition) is 0. The van der Waals surface area contributed by atoms with E-state index in [1.807, 2.05) is 0 Å². The van der Waals surface area contributed by atoms with Gasteiger partial charge in [0.2, 0.25) is 0 Å². The summed E-state index contributed by atoms with van der Waals surface area (Å²) in [5.74, 6) is -1.16. The van der Waals surface area contributed by atoms with Crippen molar-refractivity contribution in [2.24, 2.45) is 0 Å². The lowest BCUT2D eigenvalue weighted by molar-refractivity contribution is 0.0586. The molecule has 0 saturated heterocycles. The SMILES string of the molecule is COC(=O)c1ncn(CCCC(c2ccc(F)cc2)c2ccc(F)cc2)n1. The van der Waals surface area contributed by atoms with Crippen molar-refractivity contribution < 1.29 is 18.3 Å². The van der Waals surface area contributed by atoms with E-state index in [4.69, 9.17) is 0 Å². The molecular weight excluding hydrogens is 352 g/mol. The Bertz CT molecular complexity index is 847. The second kappa shape index (κ2) is 8.53. The zero-order valence-corrected chi connectivity index (χ0v) is 14.8. The van der Waals surface area contributed by atoms with Crippen LogP contribution in [0.4, 0.5) is 8.78 Å². The van der Waals surface area contributed by atoms with Gasteiger partial charge in [0.1, 0.15) is 18.0 Å². The van der Waals surface area contributed by atoms with Crippen LogP contribution in [0, 0.1) is 11.6 Å². The van der Waals surface area contributed by atoms with E-state index < -0.39 is 5.97 Å². The fraction of sp³-hybridized carbons (Fsp3) is 0.250. The number of benzene rings is 2. The van der Waals surface area contributed by atoms with Gasteiger partial charge in [-0.05, 0) is 48.2 Å². The first-order chi connectivity index (χ1) is 13.1. The lowest BCUT2D eigenvalue weighted by atomic mass is 9.87. The first-order valence-corrected chi connectivity index (χ1v) is 8.55. The van der Waals surface area contributed by atoms with E-state index in [1.165, 1.54) is 37.7 Å². The highest BCUT2D eigenvalue weighted by Gasteiger charge is 2.16. The number of carbonyl (C=O) groups is 1. The predicted molar refractivity (Wildman–Crippen MR) is 95.2 cm³/mol. The van der Waals surface area contributed by atoms with E-state index in [0.717, 1.165) is 24.0 Å². The molecule has 3 aromatic rings. The molecule has 7 heteroatoms. The van der Waals surface area contributed by atoms with Crippen molar-refractivity contribution in [2.75, 3.05) is 7.11 Å². The zero-order valence-electron chi connectivity index (χ0n) is 14.8. The predicted octanol–water partition coefficient (Wildman–Crippen LogP) is 3.96. The molecule has 0 saturated carbocycles. The largest absolute Gasteiger partial charge is 0.463 e. The second-order valence-electron chi connectivity index (χ2n) is 6.12. The molecule has 0 aliphatic rings. The van der Waals surface area contributed by atoms with Crippen molar-refractivity contribution >= 4 is 5.97 Å². The summed E-state index contributed by atoms with van der Waals surface area (Å²) in [4.78, 5) is 15.3. The van der Waals surface area contributed by atoms with E-state index in [2.05, 4.69) is 14.8 Å². The summed E-state index contributed by atoms with van der Waals surface area (Å²) >= 11 is 0. The quantitative estimate of drug-likeness (QED) is 0.590. The van der Waals surface area contributed by atoms with Gasteiger partial charge in [0.15, 0.2) is 0 Å². The van der Waals surface area contributed by atoms with Gasteiger partial charge in [-0.15, -0.1) is 5.10 Å². The molecule has 0 unspecified atom stereocenters. The number of hydrogen-bond acceptors (Lipinski definition) is 4. The highest BCUT2D eigenvalue weighted by atomic mass is 19.1. The average Bonchev–Trinajstić information content (AvgIpc) is 3.15. The first-order valence-electron chi connectivity index (χ1n) is 8.55. The molecule has 5 nitrogen and oxygen atoms in total. The highest BCUT2D eigenvalue weighted by Crippen LogP contribution is 2.29. The molecule has 140 valence electrons. The maximum absolute atomic E-state index is 13.3. The number of carbonyl (C=O) groups excluding carboxylic acids is 1. The van der Waals surface area contributed by atoms with E-state index in [-0.39, 0.29) is 23.4 Å². The molecule has 0 aliphatic heterocycles. The van der Waals surface area contributed by atoms with Crippen LogP contribution in [0.1, 0.15) is 40.5 Å². The van der Waals surface area contributed by atoms with Crippen LogP contribution in [0.15, 0.2) is 54.9 Å². The average molecular weight is 371 g/mol. The number of esters is 1. The lowest BCUT2D eigenvalue weighted by Crippen LogP contribution is -2.07. The number of halogens is 2. The van der Waals surface area contributed by atoms with Gasteiger partial charge in [-0.3, -0.25) is 4.68 Å². The Morgan fingerprint density at radius 1 is 1.04 bits per heavy atom. The van der Waals surface area contributed by atoms with E-state index >= 15 is 0 Å². The molecule has 1 heterocycles. The van der Waals surface area contributed by atoms with Gasteiger partial charge in [0.25, 0.3) is 5.82 Å². The Balaban J connectivity index is 1.71. The lowest BCUT2D eigenvalue weighted by Gasteiger charge is -2.18. The zero-order chi connectivity index (χ0) is 19.2. The first kappa shape index (κ1) is 18.7. The third-order valence-corrected chi connectivity index (χ3v) is 4.33. The van der Waals surface area contributed by atoms with Gasteiger partial charge in [-0.2, -0.15) is 0 Å². The summed E-state index contributed by atoms with van der Waals surface area (Å²) in [5, 5.41) is 4.08. The van der Waals surface area contributed by atoms with Crippen LogP contribution in [0.3, 0.4) is 0 Å². The number of aromatic nitrogens is 3. The standard InChI is InChI=1S/C20H19F2N3O2/c1-27-20(26)19-23-13-25(24-19)12-2-3-18(14-4-8-16(21)9-5-14)15-6-10-17(22)11-7-15/h4-11,13,18H,2-3,12H2,1H3. The summed E-state index contributed by atoms with van der Waals surface area (Å²) in [6.07, 6.45) is 2.96. The molecule has 0 N–H and O–H groups in total. The molecule has 0 fully saturated rings. The van der Waals surface area contributed by atoms with Gasteiger partial charge >= 0.3 is 5.97 Å². The molecular formula is C20H19F2N3O2. The van der Waals surface area contributed by atoms with Gasteiger partial charge in [-0.25, -0.2) is 18.6 Å². The van der Waals surface area contributed by atoms with Crippen molar-refractivity contribution in [1.82, 2.24) is 14.8 Å². The van der Waals surface area contributed by atoms with Crippen molar-refractivity contribution in [1.29, 1.82) is 0 Å². The highest BCUT2D eigenvalue weighted by molar-refractivity contribution is 5.84. The Hall–Kier alpha value is -3.09. The topological polar surface area (TPSA) is 57.0 Å². The van der Waals surface area contributed by atoms with Crippen LogP contribution in [0.25, 0.3) is 0 Å². The third kappa shape index (κ3) is 4.75. The Labute approximate surface area is 155 Å². The minimum absolute atomic E-state index is 0.00482. The van der Waals surface area contributed by atoms with Gasteiger partial charge < -0.3 is 4.74 Å². The molecule has 1 aromatic heterocycles. The molecule has 0 spiro atoms. The molecule has 0 aliphatic carbocycles. The number of methoxy groups -OCH3 is 1. The minimum atomic E-state index is -0.579. The van der Waals surface area contributed by atoms with E-state index in [1.54, 1.807) is 28.9 Å². The Kier molecular flexibility index (Phi) is 5.90. The molecule has 0 amide bonds. The number of rotatable bonds is 7. The van der Waals surface area contributed by atoms with Gasteiger partial charge in [-0.1, -0.05) is 24.3 Å². The van der Waals surface area contributed by atoms with E-state index in [0.29, 0.717) is 6.54 Å². The van der Waals surface area contributed by atoms with Crippen LogP contribution in [0.2, 0.25) is 0 Å². The summed E-state index contributed by atoms with van der Waals surface area (Å²) in [6.45, 7) is 0.558. The number of ether oxygens (including phenoxy) is 1.